The molecular formula is C12H14N8S. The van der Waals surface area contributed by atoms with E-state index in [-0.39, 0.29) is 0 Å². The highest BCUT2D eigenvalue weighted by molar-refractivity contribution is 7.99. The number of aromatic nitrogens is 7. The molecule has 21 heavy (non-hydrogen) atoms. The number of imidazole rings is 1. The maximum absolute atomic E-state index is 4.45. The Kier molecular flexibility index (Phi) is 3.57. The number of nitrogens with zero attached hydrogens (tertiary/aromatic N) is 7. The lowest BCUT2D eigenvalue weighted by molar-refractivity contribution is 0.690. The molecule has 3 aromatic heterocycles. The summed E-state index contributed by atoms with van der Waals surface area (Å²) in [7, 11) is 3.67. The third kappa shape index (κ3) is 2.87. The molecular weight excluding hydrogens is 288 g/mol. The van der Waals surface area contributed by atoms with E-state index in [0.29, 0.717) is 17.1 Å². The van der Waals surface area contributed by atoms with Crippen LogP contribution in [0.2, 0.25) is 0 Å². The molecule has 3 heterocycles. The van der Waals surface area contributed by atoms with E-state index in [1.807, 2.05) is 20.0 Å². The first-order valence-electron chi connectivity index (χ1n) is 6.26. The van der Waals surface area contributed by atoms with Gasteiger partial charge in [-0.05, 0) is 24.8 Å². The van der Waals surface area contributed by atoms with E-state index in [2.05, 4.69) is 30.4 Å². The predicted molar refractivity (Wildman–Crippen MR) is 78.6 cm³/mol. The zero-order chi connectivity index (χ0) is 14.8. The molecule has 0 saturated carbocycles. The molecule has 0 aromatic carbocycles. The van der Waals surface area contributed by atoms with Crippen molar-refractivity contribution in [2.75, 3.05) is 12.4 Å². The van der Waals surface area contributed by atoms with Crippen molar-refractivity contribution in [3.63, 3.8) is 0 Å². The Morgan fingerprint density at radius 3 is 2.71 bits per heavy atom. The molecule has 0 atom stereocenters. The zero-order valence-electron chi connectivity index (χ0n) is 11.8. The SMILES string of the molecule is CNc1nc(Sc2cc(C)nn2C)nc(-n2ccnc2)n1. The topological polar surface area (TPSA) is 86.3 Å². The van der Waals surface area contributed by atoms with Crippen LogP contribution in [0, 0.1) is 6.92 Å². The van der Waals surface area contributed by atoms with Crippen molar-refractivity contribution >= 4 is 17.7 Å². The van der Waals surface area contributed by atoms with E-state index < -0.39 is 0 Å². The van der Waals surface area contributed by atoms with Crippen LogP contribution < -0.4 is 5.32 Å². The van der Waals surface area contributed by atoms with Gasteiger partial charge in [-0.3, -0.25) is 9.25 Å². The first-order valence-corrected chi connectivity index (χ1v) is 7.08. The second-order valence-corrected chi connectivity index (χ2v) is 5.30. The van der Waals surface area contributed by atoms with E-state index in [9.17, 15) is 0 Å². The average molecular weight is 302 g/mol. The van der Waals surface area contributed by atoms with Crippen LogP contribution in [0.4, 0.5) is 5.95 Å². The monoisotopic (exact) mass is 302 g/mol. The molecule has 0 spiro atoms. The summed E-state index contributed by atoms with van der Waals surface area (Å²) >= 11 is 1.44. The minimum absolute atomic E-state index is 0.509. The summed E-state index contributed by atoms with van der Waals surface area (Å²) in [6.07, 6.45) is 5.12. The zero-order valence-corrected chi connectivity index (χ0v) is 12.7. The standard InChI is InChI=1S/C12H14N8S/c1-8-6-9(19(3)18-8)21-12-16-10(13-2)15-11(17-12)20-5-4-14-7-20/h4-7H,1-3H3,(H,13,15,16,17). The fourth-order valence-electron chi connectivity index (χ4n) is 1.77. The van der Waals surface area contributed by atoms with Crippen LogP contribution >= 0.6 is 11.8 Å². The van der Waals surface area contributed by atoms with E-state index in [4.69, 9.17) is 0 Å². The third-order valence-corrected chi connectivity index (χ3v) is 3.67. The highest BCUT2D eigenvalue weighted by atomic mass is 32.2. The smallest absolute Gasteiger partial charge is 0.240 e. The summed E-state index contributed by atoms with van der Waals surface area (Å²) in [6.45, 7) is 1.95. The van der Waals surface area contributed by atoms with E-state index in [1.165, 1.54) is 11.8 Å². The van der Waals surface area contributed by atoms with Gasteiger partial charge in [0.25, 0.3) is 0 Å². The van der Waals surface area contributed by atoms with Crippen molar-refractivity contribution in [1.82, 2.24) is 34.3 Å². The molecule has 8 nitrogen and oxygen atoms in total. The Morgan fingerprint density at radius 2 is 2.10 bits per heavy atom. The molecule has 9 heteroatoms. The number of nitrogens with one attached hydrogen (secondary N) is 1. The van der Waals surface area contributed by atoms with Crippen LogP contribution in [0.1, 0.15) is 5.69 Å². The highest BCUT2D eigenvalue weighted by Gasteiger charge is 2.11. The van der Waals surface area contributed by atoms with Gasteiger partial charge in [-0.15, -0.1) is 0 Å². The molecule has 0 fully saturated rings. The fourth-order valence-corrected chi connectivity index (χ4v) is 2.62. The molecule has 3 rings (SSSR count). The van der Waals surface area contributed by atoms with Crippen LogP contribution in [0.25, 0.3) is 5.95 Å². The van der Waals surface area contributed by atoms with E-state index in [0.717, 1.165) is 10.7 Å². The maximum atomic E-state index is 4.45. The molecule has 108 valence electrons. The number of aryl methyl sites for hydroxylation is 2. The van der Waals surface area contributed by atoms with E-state index >= 15 is 0 Å². The minimum Gasteiger partial charge on any atom is -0.357 e. The molecule has 0 aliphatic heterocycles. The molecule has 0 amide bonds. The fraction of sp³-hybridized carbons (Fsp3) is 0.250. The van der Waals surface area contributed by atoms with Gasteiger partial charge in [0, 0.05) is 26.5 Å². The van der Waals surface area contributed by atoms with Crippen molar-refractivity contribution in [2.24, 2.45) is 7.05 Å². The van der Waals surface area contributed by atoms with Gasteiger partial charge in [-0.2, -0.15) is 20.1 Å². The number of anilines is 1. The second-order valence-electron chi connectivity index (χ2n) is 4.31. The van der Waals surface area contributed by atoms with Crippen LogP contribution in [0.5, 0.6) is 0 Å². The summed E-state index contributed by atoms with van der Waals surface area (Å²) in [5, 5.41) is 8.83. The lowest BCUT2D eigenvalue weighted by atomic mass is 10.5. The first-order chi connectivity index (χ1) is 10.2. The summed E-state index contributed by atoms with van der Waals surface area (Å²) < 4.78 is 3.54. The average Bonchev–Trinajstić information content (AvgIpc) is 3.09. The largest absolute Gasteiger partial charge is 0.357 e. The van der Waals surface area contributed by atoms with Crippen molar-refractivity contribution < 1.29 is 0 Å². The molecule has 0 aliphatic rings. The van der Waals surface area contributed by atoms with Gasteiger partial charge < -0.3 is 5.32 Å². The normalized spacial score (nSPS) is 10.8. The Hall–Kier alpha value is -2.42. The van der Waals surface area contributed by atoms with Crippen LogP contribution in [-0.2, 0) is 7.05 Å². The van der Waals surface area contributed by atoms with Gasteiger partial charge >= 0.3 is 0 Å². The van der Waals surface area contributed by atoms with Crippen LogP contribution in [0.15, 0.2) is 35.0 Å². The molecule has 0 saturated heterocycles. The summed E-state index contributed by atoms with van der Waals surface area (Å²) in [5.41, 5.74) is 0.956. The molecule has 0 unspecified atom stereocenters. The van der Waals surface area contributed by atoms with Gasteiger partial charge in [0.05, 0.1) is 5.69 Å². The molecule has 3 aromatic rings. The van der Waals surface area contributed by atoms with Crippen molar-refractivity contribution in [3.8, 4) is 5.95 Å². The van der Waals surface area contributed by atoms with Gasteiger partial charge in [0.15, 0.2) is 0 Å². The second kappa shape index (κ2) is 5.52. The molecule has 1 N–H and O–H groups in total. The summed E-state index contributed by atoms with van der Waals surface area (Å²) in [6, 6.07) is 1.99. The number of rotatable bonds is 4. The Labute approximate surface area is 125 Å². The van der Waals surface area contributed by atoms with Crippen molar-refractivity contribution in [3.05, 3.63) is 30.5 Å². The quantitative estimate of drug-likeness (QED) is 0.777. The molecule has 0 radical (unpaired) electrons. The lowest BCUT2D eigenvalue weighted by Crippen LogP contribution is -2.06. The Morgan fingerprint density at radius 1 is 1.24 bits per heavy atom. The molecule has 0 aliphatic carbocycles. The van der Waals surface area contributed by atoms with Crippen LogP contribution in [0.3, 0.4) is 0 Å². The minimum atomic E-state index is 0.509. The molecule has 0 bridgehead atoms. The van der Waals surface area contributed by atoms with Gasteiger partial charge in [0.2, 0.25) is 17.1 Å². The third-order valence-electron chi connectivity index (χ3n) is 2.72. The van der Waals surface area contributed by atoms with Crippen molar-refractivity contribution in [1.29, 1.82) is 0 Å². The predicted octanol–water partition coefficient (Wildman–Crippen LogP) is 1.29. The van der Waals surface area contributed by atoms with E-state index in [1.54, 1.807) is 35.0 Å². The van der Waals surface area contributed by atoms with Gasteiger partial charge in [-0.25, -0.2) is 4.98 Å². The summed E-state index contributed by atoms with van der Waals surface area (Å²) in [5.74, 6) is 1.03. The maximum Gasteiger partial charge on any atom is 0.240 e. The Balaban J connectivity index is 1.98. The Bertz CT molecular complexity index is 749. The van der Waals surface area contributed by atoms with Crippen LogP contribution in [-0.4, -0.2) is 41.3 Å². The first kappa shape index (κ1) is 13.6. The number of hydrogen-bond acceptors (Lipinski definition) is 7. The lowest BCUT2D eigenvalue weighted by Gasteiger charge is -2.06. The van der Waals surface area contributed by atoms with Gasteiger partial charge in [0.1, 0.15) is 11.4 Å². The van der Waals surface area contributed by atoms with Gasteiger partial charge in [-0.1, -0.05) is 0 Å². The van der Waals surface area contributed by atoms with Crippen molar-refractivity contribution in [2.45, 2.75) is 17.1 Å². The highest BCUT2D eigenvalue weighted by Crippen LogP contribution is 2.25. The summed E-state index contributed by atoms with van der Waals surface area (Å²) in [4.78, 5) is 17.1. The number of hydrogen-bond donors (Lipinski definition) is 1.